The summed E-state index contributed by atoms with van der Waals surface area (Å²) in [7, 11) is 0. The van der Waals surface area contributed by atoms with Crippen molar-refractivity contribution in [2.45, 2.75) is 6.54 Å². The number of oxazole rings is 1. The van der Waals surface area contributed by atoms with Gasteiger partial charge in [0.2, 0.25) is 0 Å². The molecule has 3 aromatic rings. The Morgan fingerprint density at radius 3 is 2.86 bits per heavy atom. The lowest BCUT2D eigenvalue weighted by Gasteiger charge is -2.08. The van der Waals surface area contributed by atoms with Crippen LogP contribution in [0.5, 0.6) is 0 Å². The van der Waals surface area contributed by atoms with Crippen LogP contribution in [0.1, 0.15) is 5.56 Å². The third-order valence-electron chi connectivity index (χ3n) is 3.08. The molecule has 3 nitrogen and oxygen atoms in total. The molecule has 0 amide bonds. The number of hydrogen-bond acceptors (Lipinski definition) is 3. The normalized spacial score (nSPS) is 10.6. The minimum atomic E-state index is -0.233. The van der Waals surface area contributed by atoms with Crippen LogP contribution in [0.2, 0.25) is 0 Å². The van der Waals surface area contributed by atoms with Gasteiger partial charge in [-0.2, -0.15) is 0 Å². The largest absolute Gasteiger partial charge is 0.444 e. The number of rotatable bonds is 4. The van der Waals surface area contributed by atoms with E-state index in [1.165, 1.54) is 12.5 Å². The van der Waals surface area contributed by atoms with Gasteiger partial charge in [-0.1, -0.05) is 34.1 Å². The predicted molar refractivity (Wildman–Crippen MR) is 83.4 cm³/mol. The van der Waals surface area contributed by atoms with E-state index < -0.39 is 0 Å². The Morgan fingerprint density at radius 1 is 1.19 bits per heavy atom. The van der Waals surface area contributed by atoms with Crippen LogP contribution in [0.15, 0.2) is 63.9 Å². The molecule has 3 rings (SSSR count). The highest BCUT2D eigenvalue weighted by atomic mass is 79.9. The fourth-order valence-electron chi connectivity index (χ4n) is 2.00. The topological polar surface area (TPSA) is 38.1 Å². The number of halogens is 2. The molecule has 2 aromatic carbocycles. The van der Waals surface area contributed by atoms with Gasteiger partial charge >= 0.3 is 0 Å². The van der Waals surface area contributed by atoms with Crippen molar-refractivity contribution in [2.75, 3.05) is 5.32 Å². The Balaban J connectivity index is 1.75. The van der Waals surface area contributed by atoms with Crippen LogP contribution in [-0.4, -0.2) is 4.98 Å². The Hall–Kier alpha value is -2.14. The number of anilines is 1. The van der Waals surface area contributed by atoms with Gasteiger partial charge in [0.25, 0.3) is 0 Å². The van der Waals surface area contributed by atoms with Crippen molar-refractivity contribution in [3.63, 3.8) is 0 Å². The van der Waals surface area contributed by atoms with Gasteiger partial charge in [0, 0.05) is 27.8 Å². The maximum Gasteiger partial charge on any atom is 0.181 e. The average Bonchev–Trinajstić information content (AvgIpc) is 3.01. The lowest BCUT2D eigenvalue weighted by atomic mass is 10.1. The first-order chi connectivity index (χ1) is 10.2. The minimum absolute atomic E-state index is 0.233. The molecule has 5 heteroatoms. The quantitative estimate of drug-likeness (QED) is 0.733. The molecule has 0 radical (unpaired) electrons. The number of aromatic nitrogens is 1. The van der Waals surface area contributed by atoms with E-state index in [4.69, 9.17) is 4.42 Å². The summed E-state index contributed by atoms with van der Waals surface area (Å²) in [5.41, 5.74) is 2.43. The minimum Gasteiger partial charge on any atom is -0.444 e. The van der Waals surface area contributed by atoms with Gasteiger partial charge in [-0.25, -0.2) is 9.37 Å². The molecule has 0 aliphatic carbocycles. The molecule has 0 aliphatic heterocycles. The number of nitrogens with one attached hydrogen (secondary N) is 1. The zero-order valence-electron chi connectivity index (χ0n) is 11.0. The third-order valence-corrected chi connectivity index (χ3v) is 3.57. The van der Waals surface area contributed by atoms with Crippen molar-refractivity contribution in [3.05, 3.63) is 70.9 Å². The van der Waals surface area contributed by atoms with E-state index in [-0.39, 0.29) is 5.82 Å². The second-order valence-electron chi connectivity index (χ2n) is 4.54. The van der Waals surface area contributed by atoms with Gasteiger partial charge in [0.05, 0.1) is 6.20 Å². The van der Waals surface area contributed by atoms with E-state index in [1.54, 1.807) is 12.3 Å². The lowest BCUT2D eigenvalue weighted by Crippen LogP contribution is -2.01. The van der Waals surface area contributed by atoms with E-state index in [9.17, 15) is 4.39 Å². The Morgan fingerprint density at radius 2 is 2.10 bits per heavy atom. The summed E-state index contributed by atoms with van der Waals surface area (Å²) in [6, 6.07) is 12.8. The van der Waals surface area contributed by atoms with E-state index in [0.717, 1.165) is 15.7 Å². The summed E-state index contributed by atoms with van der Waals surface area (Å²) in [6.07, 6.45) is 3.06. The van der Waals surface area contributed by atoms with Crippen molar-refractivity contribution in [3.8, 4) is 11.3 Å². The molecule has 0 spiro atoms. The number of hydrogen-bond donors (Lipinski definition) is 1. The SMILES string of the molecule is Fc1cc(Br)ccc1CNc1cccc(-c2cnco2)c1. The first-order valence-corrected chi connectivity index (χ1v) is 7.18. The molecule has 0 fully saturated rings. The summed E-state index contributed by atoms with van der Waals surface area (Å²) in [4.78, 5) is 3.90. The summed E-state index contributed by atoms with van der Waals surface area (Å²) in [5.74, 6) is 0.469. The monoisotopic (exact) mass is 346 g/mol. The highest BCUT2D eigenvalue weighted by molar-refractivity contribution is 9.10. The molecule has 106 valence electrons. The van der Waals surface area contributed by atoms with Crippen LogP contribution in [0.25, 0.3) is 11.3 Å². The Bertz CT molecular complexity index is 744. The van der Waals surface area contributed by atoms with Gasteiger partial charge in [0.1, 0.15) is 5.82 Å². The van der Waals surface area contributed by atoms with Crippen LogP contribution in [-0.2, 0) is 6.54 Å². The van der Waals surface area contributed by atoms with Gasteiger partial charge in [-0.3, -0.25) is 0 Å². The van der Waals surface area contributed by atoms with Gasteiger partial charge < -0.3 is 9.73 Å². The van der Waals surface area contributed by atoms with Gasteiger partial charge in [-0.15, -0.1) is 0 Å². The van der Waals surface area contributed by atoms with E-state index in [2.05, 4.69) is 26.2 Å². The molecule has 0 saturated heterocycles. The van der Waals surface area contributed by atoms with Crippen LogP contribution in [0, 0.1) is 5.82 Å². The number of benzene rings is 2. The molecule has 1 aromatic heterocycles. The standard InChI is InChI=1S/C16H12BrFN2O/c17-13-5-4-12(15(18)7-13)8-20-14-3-1-2-11(6-14)16-9-19-10-21-16/h1-7,9-10,20H,8H2. The zero-order chi connectivity index (χ0) is 14.7. The summed E-state index contributed by atoms with van der Waals surface area (Å²) >= 11 is 3.25. The molecule has 0 atom stereocenters. The lowest BCUT2D eigenvalue weighted by molar-refractivity contribution is 0.572. The van der Waals surface area contributed by atoms with Crippen molar-refractivity contribution < 1.29 is 8.81 Å². The van der Waals surface area contributed by atoms with Crippen molar-refractivity contribution >= 4 is 21.6 Å². The van der Waals surface area contributed by atoms with E-state index in [0.29, 0.717) is 17.9 Å². The fourth-order valence-corrected chi connectivity index (χ4v) is 2.34. The van der Waals surface area contributed by atoms with Crippen LogP contribution < -0.4 is 5.32 Å². The van der Waals surface area contributed by atoms with Crippen molar-refractivity contribution in [1.29, 1.82) is 0 Å². The Kier molecular flexibility index (Phi) is 4.01. The Labute approximate surface area is 130 Å². The average molecular weight is 347 g/mol. The summed E-state index contributed by atoms with van der Waals surface area (Å²) < 4.78 is 19.8. The first kappa shape index (κ1) is 13.8. The van der Waals surface area contributed by atoms with Crippen LogP contribution >= 0.6 is 15.9 Å². The van der Waals surface area contributed by atoms with Crippen molar-refractivity contribution in [1.82, 2.24) is 4.98 Å². The first-order valence-electron chi connectivity index (χ1n) is 6.39. The molecule has 1 N–H and O–H groups in total. The second kappa shape index (κ2) is 6.10. The summed E-state index contributed by atoms with van der Waals surface area (Å²) in [6.45, 7) is 0.416. The zero-order valence-corrected chi connectivity index (χ0v) is 12.6. The second-order valence-corrected chi connectivity index (χ2v) is 5.45. The number of nitrogens with zero attached hydrogens (tertiary/aromatic N) is 1. The van der Waals surface area contributed by atoms with Gasteiger partial charge in [0.15, 0.2) is 12.2 Å². The molecule has 0 bridgehead atoms. The van der Waals surface area contributed by atoms with Crippen LogP contribution in [0.4, 0.5) is 10.1 Å². The summed E-state index contributed by atoms with van der Waals surface area (Å²) in [5, 5.41) is 3.21. The maximum atomic E-state index is 13.8. The highest BCUT2D eigenvalue weighted by Gasteiger charge is 2.05. The maximum absolute atomic E-state index is 13.8. The molecule has 0 aliphatic rings. The molecule has 1 heterocycles. The van der Waals surface area contributed by atoms with E-state index >= 15 is 0 Å². The van der Waals surface area contributed by atoms with Crippen molar-refractivity contribution in [2.24, 2.45) is 0 Å². The molecule has 0 saturated carbocycles. The molecule has 21 heavy (non-hydrogen) atoms. The van der Waals surface area contributed by atoms with Gasteiger partial charge in [-0.05, 0) is 24.3 Å². The fraction of sp³-hybridized carbons (Fsp3) is 0.0625. The highest BCUT2D eigenvalue weighted by Crippen LogP contribution is 2.23. The van der Waals surface area contributed by atoms with E-state index in [1.807, 2.05) is 30.3 Å². The third kappa shape index (κ3) is 3.31. The molecule has 0 unspecified atom stereocenters. The molecular formula is C16H12BrFN2O. The molecular weight excluding hydrogens is 335 g/mol. The predicted octanol–water partition coefficient (Wildman–Crippen LogP) is 4.86. The smallest absolute Gasteiger partial charge is 0.181 e. The van der Waals surface area contributed by atoms with Crippen LogP contribution in [0.3, 0.4) is 0 Å².